The van der Waals surface area contributed by atoms with Crippen LogP contribution >= 0.6 is 0 Å². The molecule has 0 spiro atoms. The molecule has 0 aliphatic carbocycles. The minimum atomic E-state index is -1.01. The van der Waals surface area contributed by atoms with Gasteiger partial charge in [0.2, 0.25) is 11.5 Å². The van der Waals surface area contributed by atoms with Gasteiger partial charge >= 0.3 is 5.82 Å². The monoisotopic (exact) mass is 343 g/mol. The fourth-order valence-electron chi connectivity index (χ4n) is 2.41. The first-order chi connectivity index (χ1) is 12.0. The number of aromatic nitrogens is 2. The summed E-state index contributed by atoms with van der Waals surface area (Å²) in [5.74, 6) is -0.191. The molecule has 0 saturated heterocycles. The van der Waals surface area contributed by atoms with Gasteiger partial charge in [-0.3, -0.25) is 10.1 Å². The zero-order chi connectivity index (χ0) is 18.0. The Bertz CT molecular complexity index is 937. The molecule has 1 atom stereocenters. The van der Waals surface area contributed by atoms with E-state index in [-0.39, 0.29) is 23.9 Å². The Balaban J connectivity index is 1.79. The summed E-state index contributed by atoms with van der Waals surface area (Å²) in [5.41, 5.74) is 0.769. The van der Waals surface area contributed by atoms with Crippen LogP contribution in [0.25, 0.3) is 5.65 Å². The lowest BCUT2D eigenvalue weighted by atomic mass is 10.1. The maximum absolute atomic E-state index is 11.3. The zero-order valence-electron chi connectivity index (χ0n) is 12.8. The largest absolute Gasteiger partial charge is 0.387 e. The molecule has 10 nitrogen and oxygen atoms in total. The van der Waals surface area contributed by atoms with Crippen molar-refractivity contribution in [3.63, 3.8) is 0 Å². The third-order valence-corrected chi connectivity index (χ3v) is 3.63. The maximum Gasteiger partial charge on any atom is 0.372 e. The maximum atomic E-state index is 11.3. The van der Waals surface area contributed by atoms with Gasteiger partial charge in [-0.2, -0.15) is 9.38 Å². The molecule has 0 aliphatic heterocycles. The van der Waals surface area contributed by atoms with Crippen LogP contribution in [0, 0.1) is 20.2 Å². The molecule has 0 saturated carbocycles. The lowest BCUT2D eigenvalue weighted by Crippen LogP contribution is -2.13. The van der Waals surface area contributed by atoms with Crippen LogP contribution in [0.5, 0.6) is 0 Å². The number of anilines is 1. The second-order valence-electron chi connectivity index (χ2n) is 5.22. The number of rotatable bonds is 6. The van der Waals surface area contributed by atoms with Gasteiger partial charge in [-0.1, -0.05) is 6.07 Å². The first kappa shape index (κ1) is 16.3. The molecule has 0 radical (unpaired) electrons. The molecular formula is C15H13N5O5. The quantitative estimate of drug-likeness (QED) is 0.517. The molecule has 25 heavy (non-hydrogen) atoms. The minimum absolute atomic E-state index is 0.0390. The predicted octanol–water partition coefficient (Wildman–Crippen LogP) is 2.30. The van der Waals surface area contributed by atoms with E-state index >= 15 is 0 Å². The topological polar surface area (TPSA) is 136 Å². The van der Waals surface area contributed by atoms with Crippen LogP contribution in [0.3, 0.4) is 0 Å². The Kier molecular flexibility index (Phi) is 4.27. The van der Waals surface area contributed by atoms with E-state index in [1.54, 1.807) is 18.2 Å². The molecule has 1 aromatic carbocycles. The number of imidazole rings is 1. The molecule has 10 heteroatoms. The van der Waals surface area contributed by atoms with E-state index in [9.17, 15) is 25.3 Å². The van der Waals surface area contributed by atoms with E-state index in [4.69, 9.17) is 0 Å². The summed E-state index contributed by atoms with van der Waals surface area (Å²) in [6.45, 7) is -0.0392. The van der Waals surface area contributed by atoms with Crippen LogP contribution in [0.15, 0.2) is 48.7 Å². The van der Waals surface area contributed by atoms with E-state index in [0.29, 0.717) is 11.2 Å². The number of nitrogens with zero attached hydrogens (tertiary/aromatic N) is 4. The Hall–Kier alpha value is -3.53. The number of benzene rings is 1. The molecule has 0 fully saturated rings. The van der Waals surface area contributed by atoms with Crippen molar-refractivity contribution in [1.82, 2.24) is 9.38 Å². The standard InChI is InChI=1S/C15H13N5O5/c21-12(10-4-6-11(7-5-10)19(22)23)9-16-14-15(20(24)25)18-8-2-1-3-13(18)17-14/h1-8,12,16,21H,9H2. The summed E-state index contributed by atoms with van der Waals surface area (Å²) in [6.07, 6.45) is 0.517. The van der Waals surface area contributed by atoms with Crippen LogP contribution < -0.4 is 5.32 Å². The number of non-ortho nitro benzene ring substituents is 1. The van der Waals surface area contributed by atoms with Crippen molar-refractivity contribution in [2.75, 3.05) is 11.9 Å². The van der Waals surface area contributed by atoms with Crippen LogP contribution in [0.4, 0.5) is 17.3 Å². The van der Waals surface area contributed by atoms with Crippen molar-refractivity contribution in [2.45, 2.75) is 6.10 Å². The van der Waals surface area contributed by atoms with Gasteiger partial charge in [0.15, 0.2) is 0 Å². The van der Waals surface area contributed by atoms with Gasteiger partial charge in [0, 0.05) is 24.7 Å². The third-order valence-electron chi connectivity index (χ3n) is 3.63. The molecule has 0 aliphatic rings. The summed E-state index contributed by atoms with van der Waals surface area (Å²) >= 11 is 0. The van der Waals surface area contributed by atoms with Crippen molar-refractivity contribution >= 4 is 23.0 Å². The summed E-state index contributed by atoms with van der Waals surface area (Å²) in [5, 5.41) is 34.9. The average Bonchev–Trinajstić information content (AvgIpc) is 2.98. The molecule has 3 aromatic rings. The van der Waals surface area contributed by atoms with Crippen molar-refractivity contribution < 1.29 is 15.0 Å². The fourth-order valence-corrected chi connectivity index (χ4v) is 2.41. The van der Waals surface area contributed by atoms with Crippen LogP contribution in [-0.2, 0) is 0 Å². The third kappa shape index (κ3) is 3.23. The summed E-state index contributed by atoms with van der Waals surface area (Å²) in [4.78, 5) is 25.0. The van der Waals surface area contributed by atoms with Crippen molar-refractivity contribution in [3.05, 3.63) is 74.5 Å². The number of fused-ring (bicyclic) bond motifs is 1. The fraction of sp³-hybridized carbons (Fsp3) is 0.133. The number of nitro benzene ring substituents is 1. The molecular weight excluding hydrogens is 330 g/mol. The molecule has 3 rings (SSSR count). The highest BCUT2D eigenvalue weighted by Gasteiger charge is 2.22. The molecule has 2 heterocycles. The number of aliphatic hydroxyl groups excluding tert-OH is 1. The van der Waals surface area contributed by atoms with Crippen LogP contribution in [-0.4, -0.2) is 30.9 Å². The SMILES string of the molecule is O=[N+]([O-])c1ccc(C(O)CNc2nc3ccccn3c2[N+](=O)[O-])cc1. The lowest BCUT2D eigenvalue weighted by molar-refractivity contribution is -0.389. The highest BCUT2D eigenvalue weighted by molar-refractivity contribution is 5.62. The predicted molar refractivity (Wildman–Crippen MR) is 88.4 cm³/mol. The van der Waals surface area contributed by atoms with Crippen LogP contribution in [0.1, 0.15) is 11.7 Å². The first-order valence-corrected chi connectivity index (χ1v) is 7.25. The normalized spacial score (nSPS) is 12.0. The van der Waals surface area contributed by atoms with Gasteiger partial charge in [-0.05, 0) is 28.7 Å². The first-order valence-electron chi connectivity index (χ1n) is 7.25. The van der Waals surface area contributed by atoms with Gasteiger partial charge in [0.1, 0.15) is 0 Å². The smallest absolute Gasteiger partial charge is 0.372 e. The van der Waals surface area contributed by atoms with Gasteiger partial charge in [0.25, 0.3) is 5.69 Å². The van der Waals surface area contributed by atoms with E-state index in [0.717, 1.165) is 0 Å². The van der Waals surface area contributed by atoms with E-state index in [1.807, 2.05) is 0 Å². The van der Waals surface area contributed by atoms with E-state index in [2.05, 4.69) is 10.3 Å². The van der Waals surface area contributed by atoms with Gasteiger partial charge in [-0.25, -0.2) is 0 Å². The number of hydrogen-bond donors (Lipinski definition) is 2. The molecule has 0 bridgehead atoms. The Morgan fingerprint density at radius 2 is 1.84 bits per heavy atom. The highest BCUT2D eigenvalue weighted by atomic mass is 16.6. The highest BCUT2D eigenvalue weighted by Crippen LogP contribution is 2.26. The number of pyridine rings is 1. The van der Waals surface area contributed by atoms with Crippen molar-refractivity contribution in [3.8, 4) is 0 Å². The molecule has 1 unspecified atom stereocenters. The van der Waals surface area contributed by atoms with Crippen LogP contribution in [0.2, 0.25) is 0 Å². The number of nitro groups is 2. The van der Waals surface area contributed by atoms with E-state index in [1.165, 1.54) is 34.9 Å². The number of nitrogens with one attached hydrogen (secondary N) is 1. The Labute approximate surface area is 140 Å². The van der Waals surface area contributed by atoms with Gasteiger partial charge < -0.3 is 20.5 Å². The molecule has 2 N–H and O–H groups in total. The lowest BCUT2D eigenvalue weighted by Gasteiger charge is -2.11. The summed E-state index contributed by atoms with van der Waals surface area (Å²) < 4.78 is 1.33. The molecule has 2 aromatic heterocycles. The minimum Gasteiger partial charge on any atom is -0.387 e. The number of aliphatic hydroxyl groups is 1. The van der Waals surface area contributed by atoms with Crippen molar-refractivity contribution in [2.24, 2.45) is 0 Å². The molecule has 128 valence electrons. The second-order valence-corrected chi connectivity index (χ2v) is 5.22. The Morgan fingerprint density at radius 1 is 1.12 bits per heavy atom. The zero-order valence-corrected chi connectivity index (χ0v) is 12.8. The summed E-state index contributed by atoms with van der Waals surface area (Å²) in [6, 6.07) is 10.4. The summed E-state index contributed by atoms with van der Waals surface area (Å²) in [7, 11) is 0. The number of hydrogen-bond acceptors (Lipinski definition) is 7. The van der Waals surface area contributed by atoms with Gasteiger partial charge in [0.05, 0.1) is 17.2 Å². The van der Waals surface area contributed by atoms with Gasteiger partial charge in [-0.15, -0.1) is 0 Å². The van der Waals surface area contributed by atoms with Crippen molar-refractivity contribution in [1.29, 1.82) is 0 Å². The second kappa shape index (κ2) is 6.53. The molecule has 0 amide bonds. The average molecular weight is 343 g/mol. The Morgan fingerprint density at radius 3 is 2.48 bits per heavy atom. The van der Waals surface area contributed by atoms with E-state index < -0.39 is 16.0 Å².